The van der Waals surface area contributed by atoms with Gasteiger partial charge in [0, 0.05) is 17.3 Å². The molecule has 0 radical (unpaired) electrons. The van der Waals surface area contributed by atoms with Crippen molar-refractivity contribution in [3.05, 3.63) is 52.8 Å². The molecular formula is C21H28N2O2. The fourth-order valence-electron chi connectivity index (χ4n) is 3.54. The maximum atomic E-state index is 12.7. The summed E-state index contributed by atoms with van der Waals surface area (Å²) in [7, 11) is 0. The Hall–Kier alpha value is -2.10. The zero-order valence-electron chi connectivity index (χ0n) is 15.3. The third-order valence-corrected chi connectivity index (χ3v) is 4.85. The Balaban J connectivity index is 1.84. The topological polar surface area (TPSA) is 44.1 Å². The highest BCUT2D eigenvalue weighted by Crippen LogP contribution is 2.26. The molecule has 0 aliphatic heterocycles. The highest BCUT2D eigenvalue weighted by Gasteiger charge is 2.25. The summed E-state index contributed by atoms with van der Waals surface area (Å²) in [4.78, 5) is 12.7. The smallest absolute Gasteiger partial charge is 0.359 e. The number of benzene rings is 1. The number of fused-ring (bicyclic) bond motifs is 1. The molecule has 2 aromatic rings. The van der Waals surface area contributed by atoms with E-state index in [0.717, 1.165) is 30.4 Å². The predicted molar refractivity (Wildman–Crippen MR) is 98.7 cm³/mol. The summed E-state index contributed by atoms with van der Waals surface area (Å²) in [5.74, 6) is -0.293. The van der Waals surface area contributed by atoms with E-state index in [4.69, 9.17) is 4.74 Å². The quantitative estimate of drug-likeness (QED) is 0.746. The van der Waals surface area contributed by atoms with Gasteiger partial charge >= 0.3 is 5.97 Å². The standard InChI is InChI=1S/C21H28N2O2/c1-16(2)23-19-14-10-5-3-4-9-13-18(19)20(22-23)21(24)25-15-17-11-7-6-8-12-17/h6-8,11-12,16H,3-5,9-10,13-15H2,1-2H3. The molecule has 0 fully saturated rings. The fourth-order valence-corrected chi connectivity index (χ4v) is 3.54. The number of carbonyl (C=O) groups is 1. The first-order chi connectivity index (χ1) is 12.2. The van der Waals surface area contributed by atoms with Crippen LogP contribution in [0.1, 0.15) is 79.3 Å². The maximum absolute atomic E-state index is 12.7. The molecule has 1 heterocycles. The first kappa shape index (κ1) is 17.7. The molecule has 0 bridgehead atoms. The van der Waals surface area contributed by atoms with Crippen molar-refractivity contribution in [3.63, 3.8) is 0 Å². The molecule has 4 nitrogen and oxygen atoms in total. The lowest BCUT2D eigenvalue weighted by molar-refractivity contribution is 0.0463. The second-order valence-electron chi connectivity index (χ2n) is 7.14. The number of esters is 1. The molecule has 0 amide bonds. The minimum absolute atomic E-state index is 0.255. The van der Waals surface area contributed by atoms with Crippen molar-refractivity contribution in [3.8, 4) is 0 Å². The van der Waals surface area contributed by atoms with E-state index in [2.05, 4.69) is 18.9 Å². The molecule has 1 aromatic carbocycles. The minimum atomic E-state index is -0.293. The van der Waals surface area contributed by atoms with Gasteiger partial charge in [-0.1, -0.05) is 49.6 Å². The molecule has 0 saturated heterocycles. The van der Waals surface area contributed by atoms with Crippen molar-refractivity contribution in [2.75, 3.05) is 0 Å². The first-order valence-electron chi connectivity index (χ1n) is 9.48. The van der Waals surface area contributed by atoms with Crippen molar-refractivity contribution in [2.24, 2.45) is 0 Å². The predicted octanol–water partition coefficient (Wildman–Crippen LogP) is 4.87. The van der Waals surface area contributed by atoms with Gasteiger partial charge in [-0.25, -0.2) is 4.79 Å². The van der Waals surface area contributed by atoms with Crippen LogP contribution in [0.4, 0.5) is 0 Å². The van der Waals surface area contributed by atoms with E-state index in [0.29, 0.717) is 12.3 Å². The molecule has 1 aromatic heterocycles. The van der Waals surface area contributed by atoms with Gasteiger partial charge in [0.15, 0.2) is 5.69 Å². The Morgan fingerprint density at radius 1 is 1.08 bits per heavy atom. The molecule has 1 aliphatic carbocycles. The largest absolute Gasteiger partial charge is 0.456 e. The fraction of sp³-hybridized carbons (Fsp3) is 0.524. The lowest BCUT2D eigenvalue weighted by atomic mass is 10.0. The number of hydrogen-bond donors (Lipinski definition) is 0. The van der Waals surface area contributed by atoms with Crippen molar-refractivity contribution in [1.82, 2.24) is 9.78 Å². The molecule has 134 valence electrons. The second kappa shape index (κ2) is 8.32. The molecular weight excluding hydrogens is 312 g/mol. The number of aromatic nitrogens is 2. The Bertz CT molecular complexity index is 704. The van der Waals surface area contributed by atoms with E-state index >= 15 is 0 Å². The molecule has 0 unspecified atom stereocenters. The molecule has 0 atom stereocenters. The van der Waals surface area contributed by atoms with Gasteiger partial charge in [-0.15, -0.1) is 0 Å². The maximum Gasteiger partial charge on any atom is 0.359 e. The minimum Gasteiger partial charge on any atom is -0.456 e. The van der Waals surface area contributed by atoms with Crippen molar-refractivity contribution in [1.29, 1.82) is 0 Å². The van der Waals surface area contributed by atoms with Gasteiger partial charge < -0.3 is 4.74 Å². The number of carbonyl (C=O) groups excluding carboxylic acids is 1. The van der Waals surface area contributed by atoms with Gasteiger partial charge in [0.05, 0.1) is 0 Å². The van der Waals surface area contributed by atoms with Crippen LogP contribution in [0, 0.1) is 0 Å². The highest BCUT2D eigenvalue weighted by atomic mass is 16.5. The van der Waals surface area contributed by atoms with Crippen LogP contribution in [0.25, 0.3) is 0 Å². The molecule has 25 heavy (non-hydrogen) atoms. The van der Waals surface area contributed by atoms with Crippen LogP contribution >= 0.6 is 0 Å². The van der Waals surface area contributed by atoms with E-state index < -0.39 is 0 Å². The van der Waals surface area contributed by atoms with Crippen LogP contribution in [0.3, 0.4) is 0 Å². The van der Waals surface area contributed by atoms with Crippen LogP contribution in [-0.2, 0) is 24.2 Å². The summed E-state index contributed by atoms with van der Waals surface area (Å²) < 4.78 is 7.60. The lowest BCUT2D eigenvalue weighted by Gasteiger charge is -2.11. The molecule has 4 heteroatoms. The molecule has 0 spiro atoms. The SMILES string of the molecule is CC(C)n1nc(C(=O)OCc2ccccc2)c2c1CCCCCCC2. The Morgan fingerprint density at radius 2 is 1.76 bits per heavy atom. The zero-order chi connectivity index (χ0) is 17.6. The van der Waals surface area contributed by atoms with Crippen molar-refractivity contribution < 1.29 is 9.53 Å². The molecule has 3 rings (SSSR count). The number of rotatable bonds is 4. The highest BCUT2D eigenvalue weighted by molar-refractivity contribution is 5.89. The Morgan fingerprint density at radius 3 is 2.48 bits per heavy atom. The van der Waals surface area contributed by atoms with Crippen LogP contribution < -0.4 is 0 Å². The van der Waals surface area contributed by atoms with E-state index in [-0.39, 0.29) is 12.0 Å². The number of ether oxygens (including phenoxy) is 1. The van der Waals surface area contributed by atoms with E-state index in [1.165, 1.54) is 31.4 Å². The van der Waals surface area contributed by atoms with Gasteiger partial charge in [-0.3, -0.25) is 4.68 Å². The van der Waals surface area contributed by atoms with Gasteiger partial charge in [-0.05, 0) is 45.1 Å². The average molecular weight is 340 g/mol. The van der Waals surface area contributed by atoms with Crippen molar-refractivity contribution >= 4 is 5.97 Å². The van der Waals surface area contributed by atoms with Gasteiger partial charge in [0.25, 0.3) is 0 Å². The van der Waals surface area contributed by atoms with E-state index in [1.807, 2.05) is 35.0 Å². The van der Waals surface area contributed by atoms with Crippen LogP contribution in [0.15, 0.2) is 30.3 Å². The molecule has 0 saturated carbocycles. The van der Waals surface area contributed by atoms with E-state index in [1.54, 1.807) is 0 Å². The zero-order valence-corrected chi connectivity index (χ0v) is 15.3. The third-order valence-electron chi connectivity index (χ3n) is 4.85. The molecule has 1 aliphatic rings. The van der Waals surface area contributed by atoms with Crippen LogP contribution in [0.2, 0.25) is 0 Å². The van der Waals surface area contributed by atoms with E-state index in [9.17, 15) is 4.79 Å². The second-order valence-corrected chi connectivity index (χ2v) is 7.14. The van der Waals surface area contributed by atoms with Gasteiger partial charge in [0.2, 0.25) is 0 Å². The Labute approximate surface area is 150 Å². The first-order valence-corrected chi connectivity index (χ1v) is 9.48. The number of hydrogen-bond acceptors (Lipinski definition) is 3. The summed E-state index contributed by atoms with van der Waals surface area (Å²) in [6.07, 6.45) is 8.00. The van der Waals surface area contributed by atoms with Crippen molar-refractivity contribution in [2.45, 2.75) is 71.4 Å². The van der Waals surface area contributed by atoms with Crippen LogP contribution in [-0.4, -0.2) is 15.7 Å². The summed E-state index contributed by atoms with van der Waals surface area (Å²) in [6, 6.07) is 10.1. The molecule has 0 N–H and O–H groups in total. The lowest BCUT2D eigenvalue weighted by Crippen LogP contribution is -2.10. The third kappa shape index (κ3) is 4.30. The number of nitrogens with zero attached hydrogens (tertiary/aromatic N) is 2. The van der Waals surface area contributed by atoms with Crippen LogP contribution in [0.5, 0.6) is 0 Å². The summed E-state index contributed by atoms with van der Waals surface area (Å²) in [5.41, 5.74) is 3.89. The summed E-state index contributed by atoms with van der Waals surface area (Å²) >= 11 is 0. The van der Waals surface area contributed by atoms with Gasteiger partial charge in [0.1, 0.15) is 6.61 Å². The average Bonchev–Trinajstić information content (AvgIpc) is 3.02. The summed E-state index contributed by atoms with van der Waals surface area (Å²) in [5, 5.41) is 4.66. The summed E-state index contributed by atoms with van der Waals surface area (Å²) in [6.45, 7) is 4.54. The monoisotopic (exact) mass is 340 g/mol. The normalized spacial score (nSPS) is 15.2. The Kier molecular flexibility index (Phi) is 5.90. The van der Waals surface area contributed by atoms with Gasteiger partial charge in [-0.2, -0.15) is 5.10 Å².